The molecule has 3 heterocycles. The topological polar surface area (TPSA) is 63.9 Å². The normalized spacial score (nSPS) is 13.5. The molecule has 1 aliphatic rings. The minimum atomic E-state index is 0.123. The number of amides is 1. The Morgan fingerprint density at radius 2 is 1.94 bits per heavy atom. The van der Waals surface area contributed by atoms with Crippen molar-refractivity contribution in [3.63, 3.8) is 0 Å². The molecule has 4 aromatic rings. The number of hydrogen-bond acceptors (Lipinski definition) is 7. The molecule has 2 aromatic heterocycles. The fraction of sp³-hybridized carbons (Fsp3) is 0.304. The summed E-state index contributed by atoms with van der Waals surface area (Å²) < 4.78 is 4.33. The number of thioether (sulfide) groups is 2. The molecule has 0 saturated heterocycles. The quantitative estimate of drug-likeness (QED) is 0.335. The fourth-order valence-corrected chi connectivity index (χ4v) is 6.79. The van der Waals surface area contributed by atoms with E-state index in [1.54, 1.807) is 23.1 Å². The van der Waals surface area contributed by atoms with E-state index in [2.05, 4.69) is 38.8 Å². The third kappa shape index (κ3) is 4.42. The number of aromatic nitrogens is 4. The lowest BCUT2D eigenvalue weighted by atomic mass is 10.0. The Labute approximate surface area is 199 Å². The number of anilines is 1. The van der Waals surface area contributed by atoms with Crippen molar-refractivity contribution in [2.75, 3.05) is 17.2 Å². The Balaban J connectivity index is 1.24. The molecule has 0 bridgehead atoms. The molecular weight excluding hydrogens is 458 g/mol. The first-order valence-electron chi connectivity index (χ1n) is 10.6. The van der Waals surface area contributed by atoms with Gasteiger partial charge in [0, 0.05) is 18.8 Å². The van der Waals surface area contributed by atoms with Crippen LogP contribution in [0.1, 0.15) is 24.7 Å². The van der Waals surface area contributed by atoms with Crippen LogP contribution in [0.2, 0.25) is 0 Å². The van der Waals surface area contributed by atoms with Crippen molar-refractivity contribution < 1.29 is 4.79 Å². The van der Waals surface area contributed by atoms with E-state index >= 15 is 0 Å². The van der Waals surface area contributed by atoms with Crippen LogP contribution in [0.25, 0.3) is 10.2 Å². The van der Waals surface area contributed by atoms with Gasteiger partial charge < -0.3 is 9.47 Å². The summed E-state index contributed by atoms with van der Waals surface area (Å²) in [6.45, 7) is 3.63. The van der Waals surface area contributed by atoms with Crippen LogP contribution in [0, 0.1) is 0 Å². The van der Waals surface area contributed by atoms with Gasteiger partial charge >= 0.3 is 0 Å². The number of para-hydroxylation sites is 2. The molecular formula is C23H23N5OS3. The average molecular weight is 482 g/mol. The van der Waals surface area contributed by atoms with E-state index in [0.29, 0.717) is 11.5 Å². The van der Waals surface area contributed by atoms with Gasteiger partial charge in [-0.05, 0) is 43.5 Å². The third-order valence-electron chi connectivity index (χ3n) is 5.44. The molecule has 32 heavy (non-hydrogen) atoms. The highest BCUT2D eigenvalue weighted by molar-refractivity contribution is 8.00. The molecule has 0 saturated carbocycles. The second-order valence-corrected chi connectivity index (χ2v) is 10.6. The average Bonchev–Trinajstić information content (AvgIpc) is 3.43. The van der Waals surface area contributed by atoms with Gasteiger partial charge in [0.2, 0.25) is 5.91 Å². The summed E-state index contributed by atoms with van der Waals surface area (Å²) in [6, 6.07) is 16.4. The zero-order valence-corrected chi connectivity index (χ0v) is 20.2. The maximum Gasteiger partial charge on any atom is 0.237 e. The lowest BCUT2D eigenvalue weighted by Gasteiger charge is -2.29. The molecule has 0 N–H and O–H groups in total. The summed E-state index contributed by atoms with van der Waals surface area (Å²) in [6.07, 6.45) is 2.04. The summed E-state index contributed by atoms with van der Waals surface area (Å²) in [7, 11) is 0. The van der Waals surface area contributed by atoms with Crippen molar-refractivity contribution in [2.24, 2.45) is 0 Å². The summed E-state index contributed by atoms with van der Waals surface area (Å²) in [5, 5.41) is 9.58. The summed E-state index contributed by atoms with van der Waals surface area (Å²) in [5.74, 6) is 2.10. The Morgan fingerprint density at radius 1 is 1.09 bits per heavy atom. The molecule has 9 heteroatoms. The van der Waals surface area contributed by atoms with Crippen LogP contribution in [0.3, 0.4) is 0 Å². The van der Waals surface area contributed by atoms with E-state index in [-0.39, 0.29) is 5.91 Å². The summed E-state index contributed by atoms with van der Waals surface area (Å²) >= 11 is 4.85. The van der Waals surface area contributed by atoms with Gasteiger partial charge in [0.1, 0.15) is 5.82 Å². The van der Waals surface area contributed by atoms with E-state index in [1.807, 2.05) is 41.3 Å². The van der Waals surface area contributed by atoms with E-state index in [4.69, 9.17) is 0 Å². The number of nitrogens with zero attached hydrogens (tertiary/aromatic N) is 5. The maximum absolute atomic E-state index is 13.0. The van der Waals surface area contributed by atoms with Gasteiger partial charge in [0.25, 0.3) is 0 Å². The molecule has 0 fully saturated rings. The van der Waals surface area contributed by atoms with Crippen LogP contribution in [-0.4, -0.2) is 38.0 Å². The van der Waals surface area contributed by atoms with Gasteiger partial charge in [0.05, 0.1) is 21.7 Å². The number of benzene rings is 2. The van der Waals surface area contributed by atoms with E-state index < -0.39 is 0 Å². The number of hydrogen-bond donors (Lipinski definition) is 0. The number of thiazole rings is 1. The van der Waals surface area contributed by atoms with Crippen molar-refractivity contribution in [3.05, 3.63) is 59.9 Å². The Hall–Kier alpha value is -2.36. The predicted octanol–water partition coefficient (Wildman–Crippen LogP) is 5.27. The first kappa shape index (κ1) is 21.5. The molecule has 2 aromatic carbocycles. The van der Waals surface area contributed by atoms with Gasteiger partial charge in [-0.2, -0.15) is 0 Å². The van der Waals surface area contributed by atoms with Crippen LogP contribution < -0.4 is 4.90 Å². The minimum Gasteiger partial charge on any atom is -0.311 e. The van der Waals surface area contributed by atoms with Gasteiger partial charge in [-0.1, -0.05) is 53.9 Å². The van der Waals surface area contributed by atoms with E-state index in [9.17, 15) is 4.79 Å². The van der Waals surface area contributed by atoms with Crippen molar-refractivity contribution >= 4 is 56.7 Å². The largest absolute Gasteiger partial charge is 0.311 e. The molecule has 0 atom stereocenters. The highest BCUT2D eigenvalue weighted by Gasteiger charge is 2.23. The molecule has 5 rings (SSSR count). The van der Waals surface area contributed by atoms with Crippen LogP contribution in [-0.2, 0) is 23.5 Å². The highest BCUT2D eigenvalue weighted by atomic mass is 32.2. The zero-order chi connectivity index (χ0) is 21.9. The molecule has 164 valence electrons. The van der Waals surface area contributed by atoms with Gasteiger partial charge in [0.15, 0.2) is 9.50 Å². The number of aryl methyl sites for hydroxylation is 1. The third-order valence-corrected chi connectivity index (χ3v) is 8.57. The highest BCUT2D eigenvalue weighted by Crippen LogP contribution is 2.32. The monoisotopic (exact) mass is 481 g/mol. The number of carbonyl (C=O) groups is 1. The first-order chi connectivity index (χ1) is 15.7. The standard InChI is InChI=1S/C23H23N5OS3/c1-2-27-20(14-31-23-24-17-10-4-6-12-19(17)32-23)25-26-22(27)30-15-21(29)28-13-7-9-16-8-3-5-11-18(16)28/h3-6,8,10-12H,2,7,9,13-15H2,1H3. The molecule has 0 radical (unpaired) electrons. The fourth-order valence-electron chi connectivity index (χ4n) is 3.89. The van der Waals surface area contributed by atoms with Gasteiger partial charge in [-0.3, -0.25) is 4.79 Å². The molecule has 0 unspecified atom stereocenters. The number of fused-ring (bicyclic) bond motifs is 2. The second-order valence-electron chi connectivity index (χ2n) is 7.45. The Bertz CT molecular complexity index is 1220. The van der Waals surface area contributed by atoms with E-state index in [1.165, 1.54) is 22.0 Å². The number of carbonyl (C=O) groups excluding carboxylic acids is 1. The maximum atomic E-state index is 13.0. The minimum absolute atomic E-state index is 0.123. The SMILES string of the molecule is CCn1c(CSc2nc3ccccc3s2)nnc1SCC(=O)N1CCCc2ccccc21. The van der Waals surface area contributed by atoms with Crippen molar-refractivity contribution in [3.8, 4) is 0 Å². The Morgan fingerprint density at radius 3 is 2.81 bits per heavy atom. The molecule has 1 amide bonds. The van der Waals surface area contributed by atoms with Crippen LogP contribution >= 0.6 is 34.9 Å². The molecule has 0 aliphatic carbocycles. The summed E-state index contributed by atoms with van der Waals surface area (Å²) in [4.78, 5) is 19.6. The second kappa shape index (κ2) is 9.64. The van der Waals surface area contributed by atoms with Crippen LogP contribution in [0.15, 0.2) is 58.0 Å². The Kier molecular flexibility index (Phi) is 6.47. The lowest BCUT2D eigenvalue weighted by Crippen LogP contribution is -2.36. The van der Waals surface area contributed by atoms with Gasteiger partial charge in [-0.25, -0.2) is 4.98 Å². The lowest BCUT2D eigenvalue weighted by molar-refractivity contribution is -0.116. The van der Waals surface area contributed by atoms with Crippen LogP contribution in [0.5, 0.6) is 0 Å². The molecule has 6 nitrogen and oxygen atoms in total. The summed E-state index contributed by atoms with van der Waals surface area (Å²) in [5.41, 5.74) is 3.34. The predicted molar refractivity (Wildman–Crippen MR) is 133 cm³/mol. The van der Waals surface area contributed by atoms with Crippen molar-refractivity contribution in [1.82, 2.24) is 19.7 Å². The number of rotatable bonds is 7. The van der Waals surface area contributed by atoms with Crippen molar-refractivity contribution in [1.29, 1.82) is 0 Å². The first-order valence-corrected chi connectivity index (χ1v) is 13.4. The van der Waals surface area contributed by atoms with E-state index in [0.717, 1.165) is 52.5 Å². The smallest absolute Gasteiger partial charge is 0.237 e. The van der Waals surface area contributed by atoms with Crippen molar-refractivity contribution in [2.45, 2.75) is 41.6 Å². The zero-order valence-electron chi connectivity index (χ0n) is 17.7. The van der Waals surface area contributed by atoms with Gasteiger partial charge in [-0.15, -0.1) is 21.5 Å². The molecule has 0 spiro atoms. The van der Waals surface area contributed by atoms with Crippen LogP contribution in [0.4, 0.5) is 5.69 Å². The molecule has 1 aliphatic heterocycles.